The Bertz CT molecular complexity index is 981. The largest absolute Gasteiger partial charge is 0.478 e. The lowest BCUT2D eigenvalue weighted by atomic mass is 10.0. The number of carboxylic acids is 1. The van der Waals surface area contributed by atoms with Gasteiger partial charge in [-0.3, -0.25) is 5.10 Å². The maximum atomic E-state index is 11.3. The zero-order chi connectivity index (χ0) is 14.4. The second kappa shape index (κ2) is 4.21. The van der Waals surface area contributed by atoms with Crippen LogP contribution in [0.5, 0.6) is 0 Å². The third-order valence-corrected chi connectivity index (χ3v) is 3.67. The molecule has 0 spiro atoms. The van der Waals surface area contributed by atoms with E-state index in [2.05, 4.69) is 15.2 Å². The standard InChI is InChI=1S/C16H11N3O2/c20-16(21)11-6-3-5-10-14(11)18-19-15(10)12-8-17-13-7-2-1-4-9(12)13/h1-8,17H,(H,18,19)(H,20,21). The average Bonchev–Trinajstić information content (AvgIpc) is 3.09. The Morgan fingerprint density at radius 1 is 1.05 bits per heavy atom. The topological polar surface area (TPSA) is 81.8 Å². The van der Waals surface area contributed by atoms with E-state index < -0.39 is 5.97 Å². The monoisotopic (exact) mass is 277 g/mol. The second-order valence-electron chi connectivity index (χ2n) is 4.85. The number of carbonyl (C=O) groups is 1. The van der Waals surface area contributed by atoms with Gasteiger partial charge in [-0.15, -0.1) is 0 Å². The molecule has 0 fully saturated rings. The lowest BCUT2D eigenvalue weighted by Crippen LogP contribution is -1.96. The lowest BCUT2D eigenvalue weighted by molar-refractivity contribution is 0.0699. The predicted molar refractivity (Wildman–Crippen MR) is 80.3 cm³/mol. The normalized spacial score (nSPS) is 11.2. The number of nitrogens with zero attached hydrogens (tertiary/aromatic N) is 1. The van der Waals surface area contributed by atoms with Crippen molar-refractivity contribution in [3.63, 3.8) is 0 Å². The number of benzene rings is 2. The summed E-state index contributed by atoms with van der Waals surface area (Å²) in [6.45, 7) is 0. The van der Waals surface area contributed by atoms with Crippen LogP contribution in [0.25, 0.3) is 33.1 Å². The summed E-state index contributed by atoms with van der Waals surface area (Å²) in [6.07, 6.45) is 1.90. The minimum absolute atomic E-state index is 0.228. The van der Waals surface area contributed by atoms with E-state index in [-0.39, 0.29) is 5.56 Å². The predicted octanol–water partition coefficient (Wildman–Crippen LogP) is 3.41. The van der Waals surface area contributed by atoms with Gasteiger partial charge < -0.3 is 10.1 Å². The first-order valence-corrected chi connectivity index (χ1v) is 6.52. The van der Waals surface area contributed by atoms with Gasteiger partial charge >= 0.3 is 5.97 Å². The van der Waals surface area contributed by atoms with E-state index >= 15 is 0 Å². The van der Waals surface area contributed by atoms with Crippen LogP contribution in [0.1, 0.15) is 10.4 Å². The number of aromatic nitrogens is 3. The molecule has 5 heteroatoms. The number of fused-ring (bicyclic) bond motifs is 2. The first-order valence-electron chi connectivity index (χ1n) is 6.52. The van der Waals surface area contributed by atoms with Crippen molar-refractivity contribution in [3.8, 4) is 11.3 Å². The van der Waals surface area contributed by atoms with Crippen molar-refractivity contribution < 1.29 is 9.90 Å². The van der Waals surface area contributed by atoms with Crippen LogP contribution in [-0.2, 0) is 0 Å². The molecule has 102 valence electrons. The number of aromatic amines is 2. The summed E-state index contributed by atoms with van der Waals surface area (Å²) >= 11 is 0. The molecule has 2 heterocycles. The summed E-state index contributed by atoms with van der Waals surface area (Å²) in [6, 6.07) is 13.1. The summed E-state index contributed by atoms with van der Waals surface area (Å²) in [5.74, 6) is -0.963. The Hall–Kier alpha value is -3.08. The highest BCUT2D eigenvalue weighted by atomic mass is 16.4. The van der Waals surface area contributed by atoms with Crippen molar-refractivity contribution in [2.75, 3.05) is 0 Å². The van der Waals surface area contributed by atoms with Gasteiger partial charge in [0.15, 0.2) is 0 Å². The van der Waals surface area contributed by atoms with Crippen LogP contribution in [0, 0.1) is 0 Å². The van der Waals surface area contributed by atoms with E-state index in [1.54, 1.807) is 12.1 Å². The Kier molecular flexibility index (Phi) is 2.35. The summed E-state index contributed by atoms with van der Waals surface area (Å²) < 4.78 is 0. The van der Waals surface area contributed by atoms with Gasteiger partial charge in [-0.05, 0) is 12.1 Å². The number of hydrogen-bond acceptors (Lipinski definition) is 2. The van der Waals surface area contributed by atoms with Crippen LogP contribution in [0.3, 0.4) is 0 Å². The number of hydrogen-bond donors (Lipinski definition) is 3. The van der Waals surface area contributed by atoms with E-state index in [1.807, 2.05) is 36.5 Å². The summed E-state index contributed by atoms with van der Waals surface area (Å²) in [5.41, 5.74) is 3.51. The Labute approximate surface area is 119 Å². The van der Waals surface area contributed by atoms with Gasteiger partial charge in [0.2, 0.25) is 0 Å². The lowest BCUT2D eigenvalue weighted by Gasteiger charge is -1.98. The Balaban J connectivity index is 2.04. The highest BCUT2D eigenvalue weighted by molar-refractivity contribution is 6.08. The van der Waals surface area contributed by atoms with E-state index in [9.17, 15) is 9.90 Å². The number of H-pyrrole nitrogens is 2. The molecule has 0 radical (unpaired) electrons. The second-order valence-corrected chi connectivity index (χ2v) is 4.85. The molecule has 2 aromatic heterocycles. The van der Waals surface area contributed by atoms with E-state index in [0.29, 0.717) is 5.52 Å². The van der Waals surface area contributed by atoms with Gasteiger partial charge in [-0.25, -0.2) is 4.79 Å². The van der Waals surface area contributed by atoms with Crippen molar-refractivity contribution >= 4 is 27.8 Å². The highest BCUT2D eigenvalue weighted by Crippen LogP contribution is 2.32. The first kappa shape index (κ1) is 11.7. The molecule has 0 atom stereocenters. The minimum Gasteiger partial charge on any atom is -0.478 e. The molecule has 0 unspecified atom stereocenters. The van der Waals surface area contributed by atoms with Crippen LogP contribution >= 0.6 is 0 Å². The van der Waals surface area contributed by atoms with Crippen LogP contribution in [-0.4, -0.2) is 26.3 Å². The van der Waals surface area contributed by atoms with Gasteiger partial charge in [0, 0.05) is 28.0 Å². The summed E-state index contributed by atoms with van der Waals surface area (Å²) in [5, 5.41) is 18.3. The molecule has 3 N–H and O–H groups in total. The number of aromatic carboxylic acids is 1. The smallest absolute Gasteiger partial charge is 0.337 e. The van der Waals surface area contributed by atoms with Crippen molar-refractivity contribution in [3.05, 3.63) is 54.2 Å². The highest BCUT2D eigenvalue weighted by Gasteiger charge is 2.16. The quantitative estimate of drug-likeness (QED) is 0.525. The van der Waals surface area contributed by atoms with Crippen LogP contribution < -0.4 is 0 Å². The fourth-order valence-corrected chi connectivity index (χ4v) is 2.69. The van der Waals surface area contributed by atoms with Crippen LogP contribution in [0.15, 0.2) is 48.7 Å². The summed E-state index contributed by atoms with van der Waals surface area (Å²) in [4.78, 5) is 14.5. The molecule has 0 aliphatic carbocycles. The molecular weight excluding hydrogens is 266 g/mol. The molecule has 0 aliphatic rings. The SMILES string of the molecule is O=C(O)c1cccc2c(-c3c[nH]c4ccccc34)n[nH]c12. The fraction of sp³-hybridized carbons (Fsp3) is 0. The van der Waals surface area contributed by atoms with Crippen LogP contribution in [0.2, 0.25) is 0 Å². The fourth-order valence-electron chi connectivity index (χ4n) is 2.69. The van der Waals surface area contributed by atoms with Crippen molar-refractivity contribution in [1.29, 1.82) is 0 Å². The Morgan fingerprint density at radius 3 is 2.71 bits per heavy atom. The third-order valence-electron chi connectivity index (χ3n) is 3.67. The Morgan fingerprint density at radius 2 is 1.86 bits per heavy atom. The molecule has 0 saturated carbocycles. The van der Waals surface area contributed by atoms with Crippen LogP contribution in [0.4, 0.5) is 0 Å². The molecule has 5 nitrogen and oxygen atoms in total. The van der Waals surface area contributed by atoms with Gasteiger partial charge in [-0.1, -0.05) is 30.3 Å². The van der Waals surface area contributed by atoms with Crippen molar-refractivity contribution in [2.45, 2.75) is 0 Å². The van der Waals surface area contributed by atoms with E-state index in [4.69, 9.17) is 0 Å². The van der Waals surface area contributed by atoms with Gasteiger partial charge in [0.25, 0.3) is 0 Å². The van der Waals surface area contributed by atoms with Crippen molar-refractivity contribution in [2.24, 2.45) is 0 Å². The summed E-state index contributed by atoms with van der Waals surface area (Å²) in [7, 11) is 0. The maximum Gasteiger partial charge on any atom is 0.337 e. The minimum atomic E-state index is -0.963. The first-order chi connectivity index (χ1) is 10.3. The molecular formula is C16H11N3O2. The molecule has 4 rings (SSSR count). The van der Waals surface area contributed by atoms with Crippen molar-refractivity contribution in [1.82, 2.24) is 15.2 Å². The molecule has 0 amide bonds. The average molecular weight is 277 g/mol. The van der Waals surface area contributed by atoms with E-state index in [0.717, 1.165) is 27.5 Å². The molecule has 0 aliphatic heterocycles. The maximum absolute atomic E-state index is 11.3. The van der Waals surface area contributed by atoms with Gasteiger partial charge in [0.1, 0.15) is 5.69 Å². The number of rotatable bonds is 2. The molecule has 4 aromatic rings. The van der Waals surface area contributed by atoms with E-state index in [1.165, 1.54) is 0 Å². The molecule has 0 saturated heterocycles. The molecule has 0 bridgehead atoms. The van der Waals surface area contributed by atoms with Gasteiger partial charge in [-0.2, -0.15) is 5.10 Å². The third kappa shape index (κ3) is 1.64. The molecule has 2 aromatic carbocycles. The zero-order valence-corrected chi connectivity index (χ0v) is 10.9. The zero-order valence-electron chi connectivity index (χ0n) is 10.9. The molecule has 21 heavy (non-hydrogen) atoms. The number of nitrogens with one attached hydrogen (secondary N) is 2. The number of carboxylic acid groups (broad SMARTS) is 1. The number of para-hydroxylation sites is 2. The van der Waals surface area contributed by atoms with Gasteiger partial charge in [0.05, 0.1) is 11.1 Å².